The van der Waals surface area contributed by atoms with Gasteiger partial charge >= 0.3 is 5.97 Å². The SMILES string of the molecule is COc1ccc(C(Cc2cc(Cl)cc(Br)c2O)C(=O)O)cc1. The zero-order valence-electron chi connectivity index (χ0n) is 11.7. The smallest absolute Gasteiger partial charge is 0.311 e. The Balaban J connectivity index is 2.35. The number of carbonyl (C=O) groups is 1. The van der Waals surface area contributed by atoms with Gasteiger partial charge in [-0.25, -0.2) is 0 Å². The van der Waals surface area contributed by atoms with Crippen LogP contribution in [-0.4, -0.2) is 23.3 Å². The molecule has 0 amide bonds. The third-order valence-corrected chi connectivity index (χ3v) is 4.17. The molecular formula is C16H14BrClO4. The highest BCUT2D eigenvalue weighted by atomic mass is 79.9. The highest BCUT2D eigenvalue weighted by Gasteiger charge is 2.22. The fraction of sp³-hybridized carbons (Fsp3) is 0.188. The molecule has 0 saturated heterocycles. The van der Waals surface area contributed by atoms with Gasteiger partial charge in [0.25, 0.3) is 0 Å². The first-order chi connectivity index (χ1) is 10.4. The molecule has 0 aliphatic rings. The number of phenolic OH excluding ortho intramolecular Hbond substituents is 1. The Morgan fingerprint density at radius 3 is 2.50 bits per heavy atom. The summed E-state index contributed by atoms with van der Waals surface area (Å²) in [4.78, 5) is 11.6. The van der Waals surface area contributed by atoms with Crippen molar-refractivity contribution in [3.63, 3.8) is 0 Å². The lowest BCUT2D eigenvalue weighted by Gasteiger charge is -2.15. The minimum Gasteiger partial charge on any atom is -0.506 e. The lowest BCUT2D eigenvalue weighted by atomic mass is 9.91. The first-order valence-corrected chi connectivity index (χ1v) is 7.63. The minimum absolute atomic E-state index is 0.00385. The van der Waals surface area contributed by atoms with Gasteiger partial charge in [0, 0.05) is 5.02 Å². The largest absolute Gasteiger partial charge is 0.506 e. The van der Waals surface area contributed by atoms with Crippen molar-refractivity contribution in [3.05, 3.63) is 57.0 Å². The van der Waals surface area contributed by atoms with Crippen LogP contribution in [0.4, 0.5) is 0 Å². The standard InChI is InChI=1S/C16H14BrClO4/c1-22-12-4-2-9(3-5-12)13(16(20)21)7-10-6-11(18)8-14(17)15(10)19/h2-6,8,13,19H,7H2,1H3,(H,20,21). The maximum absolute atomic E-state index is 11.6. The summed E-state index contributed by atoms with van der Waals surface area (Å²) in [6.07, 6.45) is 0.132. The van der Waals surface area contributed by atoms with Crippen LogP contribution in [0.15, 0.2) is 40.9 Å². The van der Waals surface area contributed by atoms with Gasteiger partial charge in [-0.2, -0.15) is 0 Å². The van der Waals surface area contributed by atoms with Crippen molar-refractivity contribution in [2.75, 3.05) is 7.11 Å². The summed E-state index contributed by atoms with van der Waals surface area (Å²) in [7, 11) is 1.55. The molecule has 1 atom stereocenters. The molecule has 2 aromatic rings. The van der Waals surface area contributed by atoms with Gasteiger partial charge in [0.15, 0.2) is 0 Å². The van der Waals surface area contributed by atoms with Crippen molar-refractivity contribution in [1.29, 1.82) is 0 Å². The van der Waals surface area contributed by atoms with Gasteiger partial charge in [-0.05, 0) is 57.7 Å². The predicted octanol–water partition coefficient (Wildman–Crippen LogP) is 4.23. The van der Waals surface area contributed by atoms with Crippen LogP contribution in [0.25, 0.3) is 0 Å². The van der Waals surface area contributed by atoms with E-state index in [0.29, 0.717) is 26.4 Å². The number of hydrogen-bond acceptors (Lipinski definition) is 3. The summed E-state index contributed by atoms with van der Waals surface area (Å²) in [6, 6.07) is 9.95. The van der Waals surface area contributed by atoms with Crippen molar-refractivity contribution in [1.82, 2.24) is 0 Å². The van der Waals surface area contributed by atoms with E-state index in [1.165, 1.54) is 0 Å². The molecule has 0 aliphatic carbocycles. The molecule has 1 unspecified atom stereocenters. The zero-order chi connectivity index (χ0) is 16.3. The molecule has 2 aromatic carbocycles. The third-order valence-electron chi connectivity index (χ3n) is 3.35. The van der Waals surface area contributed by atoms with Gasteiger partial charge in [0.1, 0.15) is 11.5 Å². The molecule has 0 spiro atoms. The van der Waals surface area contributed by atoms with Gasteiger partial charge in [-0.3, -0.25) is 4.79 Å². The second kappa shape index (κ2) is 7.03. The fourth-order valence-corrected chi connectivity index (χ4v) is 3.05. The average molecular weight is 386 g/mol. The predicted molar refractivity (Wildman–Crippen MR) is 87.9 cm³/mol. The number of halogens is 2. The Bertz CT molecular complexity index is 685. The normalized spacial score (nSPS) is 12.0. The maximum Gasteiger partial charge on any atom is 0.311 e. The number of phenols is 1. The summed E-state index contributed by atoms with van der Waals surface area (Å²) in [5.41, 5.74) is 1.10. The third kappa shape index (κ3) is 3.72. The molecule has 0 saturated carbocycles. The summed E-state index contributed by atoms with van der Waals surface area (Å²) in [5, 5.41) is 20.0. The topological polar surface area (TPSA) is 66.8 Å². The maximum atomic E-state index is 11.6. The lowest BCUT2D eigenvalue weighted by molar-refractivity contribution is -0.138. The lowest BCUT2D eigenvalue weighted by Crippen LogP contribution is -2.14. The molecule has 4 nitrogen and oxygen atoms in total. The van der Waals surface area contributed by atoms with Crippen molar-refractivity contribution >= 4 is 33.5 Å². The van der Waals surface area contributed by atoms with E-state index in [1.807, 2.05) is 0 Å². The molecular weight excluding hydrogens is 372 g/mol. The number of aliphatic carboxylic acids is 1. The van der Waals surface area contributed by atoms with Crippen LogP contribution in [-0.2, 0) is 11.2 Å². The highest BCUT2D eigenvalue weighted by molar-refractivity contribution is 9.10. The second-order valence-electron chi connectivity index (χ2n) is 4.76. The fourth-order valence-electron chi connectivity index (χ4n) is 2.18. The first-order valence-electron chi connectivity index (χ1n) is 6.46. The van der Waals surface area contributed by atoms with Gasteiger partial charge in [0.2, 0.25) is 0 Å². The highest BCUT2D eigenvalue weighted by Crippen LogP contribution is 2.35. The minimum atomic E-state index is -0.972. The van der Waals surface area contributed by atoms with Crippen LogP contribution < -0.4 is 4.74 Å². The molecule has 2 N–H and O–H groups in total. The Kier molecular flexibility index (Phi) is 5.32. The van der Waals surface area contributed by atoms with E-state index in [9.17, 15) is 15.0 Å². The molecule has 0 aliphatic heterocycles. The number of methoxy groups -OCH3 is 1. The molecule has 0 radical (unpaired) electrons. The van der Waals surface area contributed by atoms with E-state index in [4.69, 9.17) is 16.3 Å². The molecule has 22 heavy (non-hydrogen) atoms. The van der Waals surface area contributed by atoms with Crippen LogP contribution in [0, 0.1) is 0 Å². The van der Waals surface area contributed by atoms with Crippen LogP contribution in [0.1, 0.15) is 17.0 Å². The Morgan fingerprint density at radius 1 is 1.32 bits per heavy atom. The molecule has 0 fully saturated rings. The van der Waals surface area contributed by atoms with Gasteiger partial charge in [0.05, 0.1) is 17.5 Å². The average Bonchev–Trinajstić information content (AvgIpc) is 2.49. The Hall–Kier alpha value is -1.72. The van der Waals surface area contributed by atoms with Crippen LogP contribution >= 0.6 is 27.5 Å². The number of carboxylic acid groups (broad SMARTS) is 1. The molecule has 0 heterocycles. The molecule has 0 aromatic heterocycles. The summed E-state index contributed by atoms with van der Waals surface area (Å²) in [6.45, 7) is 0. The number of ether oxygens (including phenoxy) is 1. The van der Waals surface area contributed by atoms with E-state index in [-0.39, 0.29) is 12.2 Å². The summed E-state index contributed by atoms with van der Waals surface area (Å²) < 4.78 is 5.51. The van der Waals surface area contributed by atoms with Crippen molar-refractivity contribution in [2.24, 2.45) is 0 Å². The number of benzene rings is 2. The molecule has 2 rings (SSSR count). The van der Waals surface area contributed by atoms with E-state index < -0.39 is 11.9 Å². The number of rotatable bonds is 5. The Morgan fingerprint density at radius 2 is 1.95 bits per heavy atom. The second-order valence-corrected chi connectivity index (χ2v) is 6.05. The summed E-state index contributed by atoms with van der Waals surface area (Å²) in [5.74, 6) is -1.10. The molecule has 6 heteroatoms. The van der Waals surface area contributed by atoms with Crippen LogP contribution in [0.3, 0.4) is 0 Å². The number of carboxylic acids is 1. The quantitative estimate of drug-likeness (QED) is 0.808. The zero-order valence-corrected chi connectivity index (χ0v) is 14.1. The van der Waals surface area contributed by atoms with Crippen molar-refractivity contribution in [2.45, 2.75) is 12.3 Å². The summed E-state index contributed by atoms with van der Waals surface area (Å²) >= 11 is 9.17. The van der Waals surface area contributed by atoms with E-state index >= 15 is 0 Å². The van der Waals surface area contributed by atoms with Crippen LogP contribution in [0.5, 0.6) is 11.5 Å². The monoisotopic (exact) mass is 384 g/mol. The molecule has 0 bridgehead atoms. The van der Waals surface area contributed by atoms with Crippen molar-refractivity contribution < 1.29 is 19.7 Å². The first kappa shape index (κ1) is 16.6. The number of hydrogen-bond donors (Lipinski definition) is 2. The van der Waals surface area contributed by atoms with Crippen molar-refractivity contribution in [3.8, 4) is 11.5 Å². The molecule has 116 valence electrons. The van der Waals surface area contributed by atoms with Crippen LogP contribution in [0.2, 0.25) is 5.02 Å². The Labute approximate surface area is 141 Å². The van der Waals surface area contributed by atoms with E-state index in [2.05, 4.69) is 15.9 Å². The van der Waals surface area contributed by atoms with E-state index in [1.54, 1.807) is 43.5 Å². The van der Waals surface area contributed by atoms with Gasteiger partial charge < -0.3 is 14.9 Å². The van der Waals surface area contributed by atoms with E-state index in [0.717, 1.165) is 0 Å². The number of aromatic hydroxyl groups is 1. The van der Waals surface area contributed by atoms with Gasteiger partial charge in [-0.15, -0.1) is 0 Å². The van der Waals surface area contributed by atoms with Gasteiger partial charge in [-0.1, -0.05) is 23.7 Å².